The minimum absolute atomic E-state index is 0.0488. The van der Waals surface area contributed by atoms with Crippen molar-refractivity contribution in [1.29, 1.82) is 0 Å². The van der Waals surface area contributed by atoms with Crippen molar-refractivity contribution in [3.05, 3.63) is 29.3 Å². The van der Waals surface area contributed by atoms with Crippen molar-refractivity contribution in [2.24, 2.45) is 0 Å². The van der Waals surface area contributed by atoms with E-state index in [9.17, 15) is 9.36 Å². The molecule has 0 aliphatic rings. The fraction of sp³-hybridized carbons (Fsp3) is 0. The van der Waals surface area contributed by atoms with Crippen LogP contribution in [0.15, 0.2) is 24.3 Å². The van der Waals surface area contributed by atoms with E-state index in [1.165, 1.54) is 24.3 Å². The van der Waals surface area contributed by atoms with Gasteiger partial charge in [0.15, 0.2) is 0 Å². The van der Waals surface area contributed by atoms with Gasteiger partial charge < -0.3 is 9.42 Å². The molecule has 1 aromatic carbocycles. The van der Waals surface area contributed by atoms with E-state index in [-0.39, 0.29) is 10.8 Å². The van der Waals surface area contributed by atoms with Crippen LogP contribution >= 0.6 is 27.1 Å². The zero-order chi connectivity index (χ0) is 13.3. The maximum atomic E-state index is 11.4. The number of carbonyl (C=O) groups is 1. The second-order valence-corrected chi connectivity index (χ2v) is 6.83. The van der Waals surface area contributed by atoms with Gasteiger partial charge in [-0.15, -0.1) is 0 Å². The van der Waals surface area contributed by atoms with E-state index < -0.39 is 20.8 Å². The van der Waals surface area contributed by atoms with Crippen LogP contribution in [0.25, 0.3) is 0 Å². The van der Waals surface area contributed by atoms with Gasteiger partial charge >= 0.3 is 20.8 Å². The molecule has 0 heterocycles. The molecule has 0 spiro atoms. The van der Waals surface area contributed by atoms with Crippen LogP contribution in [-0.2, 0) is 4.57 Å². The third-order valence-electron chi connectivity index (χ3n) is 1.56. The van der Waals surface area contributed by atoms with E-state index in [4.69, 9.17) is 31.2 Å². The van der Waals surface area contributed by atoms with Crippen molar-refractivity contribution in [3.63, 3.8) is 0 Å². The van der Waals surface area contributed by atoms with Crippen LogP contribution in [0.4, 0.5) is 4.79 Å². The average Bonchev–Trinajstić information content (AvgIpc) is 2.19. The van der Waals surface area contributed by atoms with Gasteiger partial charge in [-0.2, -0.15) is 14.7 Å². The van der Waals surface area contributed by atoms with E-state index in [2.05, 4.69) is 4.52 Å². The highest BCUT2D eigenvalue weighted by Crippen LogP contribution is 2.62. The van der Waals surface area contributed by atoms with Crippen molar-refractivity contribution in [2.75, 3.05) is 0 Å². The minimum Gasteiger partial charge on any atom is -0.415 e. The van der Waals surface area contributed by atoms with Crippen molar-refractivity contribution >= 4 is 32.4 Å². The molecule has 1 atom stereocenters. The molecule has 0 saturated carbocycles. The monoisotopic (exact) mass is 301 g/mol. The summed E-state index contributed by atoms with van der Waals surface area (Å²) in [5.41, 5.74) is 0. The number of carbonyl (C=O) groups excluding carboxylic acids is 1. The Balaban J connectivity index is 2.99. The Morgan fingerprint density at radius 3 is 2.29 bits per heavy atom. The summed E-state index contributed by atoms with van der Waals surface area (Å²) in [4.78, 5) is 46.0. The molecule has 0 bridgehead atoms. The lowest BCUT2D eigenvalue weighted by atomic mass is 10.3. The Morgan fingerprint density at radius 2 is 1.82 bits per heavy atom. The second-order valence-electron chi connectivity index (χ2n) is 2.89. The maximum absolute atomic E-state index is 11.4. The van der Waals surface area contributed by atoms with Crippen molar-refractivity contribution in [3.8, 4) is 5.75 Å². The first kappa shape index (κ1) is 14.5. The zero-order valence-electron chi connectivity index (χ0n) is 8.10. The van der Waals surface area contributed by atoms with Crippen LogP contribution in [0.3, 0.4) is 0 Å². The van der Waals surface area contributed by atoms with Gasteiger partial charge in [0, 0.05) is 0 Å². The zero-order valence-corrected chi connectivity index (χ0v) is 10.6. The van der Waals surface area contributed by atoms with Gasteiger partial charge in [0.25, 0.3) is 0 Å². The van der Waals surface area contributed by atoms with Crippen LogP contribution in [0.5, 0.6) is 5.75 Å². The van der Waals surface area contributed by atoms with Gasteiger partial charge in [-0.3, -0.25) is 0 Å². The Kier molecular flexibility index (Phi) is 4.28. The van der Waals surface area contributed by atoms with Crippen molar-refractivity contribution < 1.29 is 33.5 Å². The van der Waals surface area contributed by atoms with E-state index in [1.54, 1.807) is 0 Å². The maximum Gasteiger partial charge on any atom is 0.493 e. The standard InChI is InChI=1S/C7H7ClO7P2/c8-5-3-1-2-4-6(5)15-17(13,14)7(9)16(10,11)12/h1-4,10-12H/p+1. The Labute approximate surface area is 101 Å². The van der Waals surface area contributed by atoms with Crippen LogP contribution in [0, 0.1) is 0 Å². The normalized spacial score (nSPS) is 15.1. The molecule has 10 heteroatoms. The molecule has 1 aromatic rings. The summed E-state index contributed by atoms with van der Waals surface area (Å²) in [5.74, 6) is -0.290. The number of benzene rings is 1. The molecule has 0 aromatic heterocycles. The minimum atomic E-state index is -5.10. The number of rotatable bonds is 4. The molecule has 0 aliphatic heterocycles. The Bertz CT molecular complexity index is 483. The van der Waals surface area contributed by atoms with Crippen LogP contribution in [0.1, 0.15) is 0 Å². The van der Waals surface area contributed by atoms with Gasteiger partial charge in [0.05, 0.1) is 5.02 Å². The highest BCUT2D eigenvalue weighted by atomic mass is 35.5. The molecule has 0 fully saturated rings. The summed E-state index contributed by atoms with van der Waals surface area (Å²) >= 11 is 5.60. The molecule has 1 unspecified atom stereocenters. The van der Waals surface area contributed by atoms with E-state index in [0.717, 1.165) is 0 Å². The van der Waals surface area contributed by atoms with Gasteiger partial charge in [-0.1, -0.05) is 23.7 Å². The predicted molar refractivity (Wildman–Crippen MR) is 60.9 cm³/mol. The van der Waals surface area contributed by atoms with Crippen LogP contribution in [0.2, 0.25) is 5.02 Å². The SMILES string of the molecule is O=C(P(=O)(O)Oc1ccccc1Cl)[P+](O)(O)O. The molecular weight excluding hydrogens is 293 g/mol. The molecule has 0 aliphatic carbocycles. The fourth-order valence-electron chi connectivity index (χ4n) is 0.861. The van der Waals surface area contributed by atoms with E-state index in [1.807, 2.05) is 0 Å². The van der Waals surface area contributed by atoms with Gasteiger partial charge in [0.1, 0.15) is 5.75 Å². The summed E-state index contributed by atoms with van der Waals surface area (Å²) in [6.07, 6.45) is 0. The molecule has 0 radical (unpaired) electrons. The number of hydrogen-bond acceptors (Lipinski definition) is 6. The number of hydrogen-bond donors (Lipinski definition) is 4. The average molecular weight is 302 g/mol. The summed E-state index contributed by atoms with van der Waals surface area (Å²) in [6.45, 7) is 0. The third kappa shape index (κ3) is 3.72. The topological polar surface area (TPSA) is 124 Å². The third-order valence-corrected chi connectivity index (χ3v) is 4.87. The predicted octanol–water partition coefficient (Wildman–Crippen LogP) is 1.76. The quantitative estimate of drug-likeness (QED) is 0.624. The molecule has 1 rings (SSSR count). The largest absolute Gasteiger partial charge is 0.493 e. The first-order chi connectivity index (χ1) is 7.64. The lowest BCUT2D eigenvalue weighted by Gasteiger charge is -2.11. The molecule has 94 valence electrons. The van der Waals surface area contributed by atoms with Crippen molar-refractivity contribution in [2.45, 2.75) is 0 Å². The van der Waals surface area contributed by atoms with Gasteiger partial charge in [0.2, 0.25) is 0 Å². The summed E-state index contributed by atoms with van der Waals surface area (Å²) in [6, 6.07) is 5.47. The Morgan fingerprint density at radius 1 is 1.29 bits per heavy atom. The summed E-state index contributed by atoms with van der Waals surface area (Å²) in [5, 5.41) is -2.11. The first-order valence-electron chi connectivity index (χ1n) is 4.04. The van der Waals surface area contributed by atoms with Gasteiger partial charge in [-0.25, -0.2) is 9.36 Å². The lowest BCUT2D eigenvalue weighted by Crippen LogP contribution is -2.08. The highest BCUT2D eigenvalue weighted by molar-refractivity contribution is 8.00. The fourth-order valence-corrected chi connectivity index (χ4v) is 3.07. The van der Waals surface area contributed by atoms with Crippen LogP contribution in [-0.4, -0.2) is 24.8 Å². The molecular formula is C7H8ClO7P2+. The van der Waals surface area contributed by atoms with E-state index >= 15 is 0 Å². The highest BCUT2D eigenvalue weighted by Gasteiger charge is 2.57. The second kappa shape index (κ2) is 5.00. The number of halogens is 1. The molecule has 0 amide bonds. The number of para-hydroxylation sites is 1. The lowest BCUT2D eigenvalue weighted by molar-refractivity contribution is 0.250. The first-order valence-corrected chi connectivity index (χ1v) is 7.64. The summed E-state index contributed by atoms with van der Waals surface area (Å²) < 4.78 is 15.8. The summed E-state index contributed by atoms with van der Waals surface area (Å²) in [7, 11) is -10.2. The van der Waals surface area contributed by atoms with Crippen molar-refractivity contribution in [1.82, 2.24) is 0 Å². The molecule has 17 heavy (non-hydrogen) atoms. The van der Waals surface area contributed by atoms with Crippen LogP contribution < -0.4 is 4.52 Å². The van der Waals surface area contributed by atoms with E-state index in [0.29, 0.717) is 0 Å². The molecule has 7 nitrogen and oxygen atoms in total. The molecule has 4 N–H and O–H groups in total. The molecule has 0 saturated heterocycles. The Hall–Kier alpha value is -0.520. The van der Waals surface area contributed by atoms with Gasteiger partial charge in [-0.05, 0) is 12.1 Å². The smallest absolute Gasteiger partial charge is 0.415 e.